The van der Waals surface area contributed by atoms with Gasteiger partial charge in [-0.3, -0.25) is 9.71 Å². The van der Waals surface area contributed by atoms with E-state index in [4.69, 9.17) is 0 Å². The molecule has 0 fully saturated rings. The second-order valence-electron chi connectivity index (χ2n) is 5.17. The number of hydrogen-bond donors (Lipinski definition) is 2. The standard InChI is InChI=1S/C16H19FN4O2S2/c1-4-6-19-14-10-18-9-13(11(14)2)8-12-5-7-20-16(15(12)17)21-25(22,23)24-3/h4-5,7,9-10,19H,1,6,8H2,2-3H3,(H,20,21). The Kier molecular flexibility index (Phi) is 6.38. The fraction of sp³-hybridized carbons (Fsp3) is 0.250. The lowest BCUT2D eigenvalue weighted by Gasteiger charge is -2.13. The zero-order valence-electron chi connectivity index (χ0n) is 13.9. The van der Waals surface area contributed by atoms with Gasteiger partial charge in [0, 0.05) is 25.4 Å². The lowest BCUT2D eigenvalue weighted by molar-refractivity contribution is 0.604. The summed E-state index contributed by atoms with van der Waals surface area (Å²) in [5.74, 6) is -0.998. The van der Waals surface area contributed by atoms with Crippen LogP contribution < -0.4 is 10.0 Å². The first kappa shape index (κ1) is 19.2. The lowest BCUT2D eigenvalue weighted by atomic mass is 10.0. The third-order valence-corrected chi connectivity index (χ3v) is 6.00. The Hall–Kier alpha value is -2.13. The lowest BCUT2D eigenvalue weighted by Crippen LogP contribution is -2.11. The summed E-state index contributed by atoms with van der Waals surface area (Å²) in [5, 5.41) is 3.17. The van der Waals surface area contributed by atoms with E-state index in [-0.39, 0.29) is 12.2 Å². The number of hydrogen-bond acceptors (Lipinski definition) is 6. The van der Waals surface area contributed by atoms with Gasteiger partial charge in [0.1, 0.15) is 0 Å². The molecule has 0 unspecified atom stereocenters. The maximum atomic E-state index is 14.6. The largest absolute Gasteiger partial charge is 0.380 e. The maximum absolute atomic E-state index is 14.6. The highest BCUT2D eigenvalue weighted by Gasteiger charge is 2.16. The molecular weight excluding hydrogens is 363 g/mol. The van der Waals surface area contributed by atoms with Crippen molar-refractivity contribution in [1.82, 2.24) is 9.97 Å². The Bertz CT molecular complexity index is 872. The van der Waals surface area contributed by atoms with E-state index in [1.165, 1.54) is 18.5 Å². The average Bonchev–Trinajstić information content (AvgIpc) is 2.59. The number of pyridine rings is 2. The zero-order chi connectivity index (χ0) is 18.4. The summed E-state index contributed by atoms with van der Waals surface area (Å²) in [5.41, 5.74) is 2.95. The summed E-state index contributed by atoms with van der Waals surface area (Å²) in [6.45, 7) is 6.16. The minimum atomic E-state index is -3.68. The van der Waals surface area contributed by atoms with Crippen LogP contribution in [-0.2, 0) is 15.5 Å². The zero-order valence-corrected chi connectivity index (χ0v) is 15.5. The number of rotatable bonds is 8. The smallest absolute Gasteiger partial charge is 0.287 e. The Morgan fingerprint density at radius 3 is 2.80 bits per heavy atom. The van der Waals surface area contributed by atoms with Crippen LogP contribution in [0, 0.1) is 12.7 Å². The molecule has 2 rings (SSSR count). The molecule has 9 heteroatoms. The van der Waals surface area contributed by atoms with Crippen molar-refractivity contribution in [3.8, 4) is 0 Å². The van der Waals surface area contributed by atoms with E-state index in [1.807, 2.05) is 6.92 Å². The van der Waals surface area contributed by atoms with Crippen LogP contribution >= 0.6 is 10.8 Å². The molecule has 2 heterocycles. The van der Waals surface area contributed by atoms with Gasteiger partial charge in [-0.1, -0.05) is 6.08 Å². The normalized spacial score (nSPS) is 11.2. The predicted molar refractivity (Wildman–Crippen MR) is 101 cm³/mol. The molecule has 0 saturated carbocycles. The molecule has 0 aromatic carbocycles. The molecule has 2 aromatic rings. The van der Waals surface area contributed by atoms with Crippen LogP contribution in [0.5, 0.6) is 0 Å². The highest BCUT2D eigenvalue weighted by atomic mass is 33.1. The van der Waals surface area contributed by atoms with E-state index in [1.54, 1.807) is 18.5 Å². The highest BCUT2D eigenvalue weighted by molar-refractivity contribution is 8.72. The molecule has 134 valence electrons. The molecule has 0 amide bonds. The van der Waals surface area contributed by atoms with Crippen molar-refractivity contribution in [2.45, 2.75) is 13.3 Å². The van der Waals surface area contributed by atoms with Gasteiger partial charge in [0.15, 0.2) is 11.6 Å². The molecule has 0 atom stereocenters. The third kappa shape index (κ3) is 4.93. The predicted octanol–water partition coefficient (Wildman–Crippen LogP) is 3.13. The molecule has 0 bridgehead atoms. The first-order chi connectivity index (χ1) is 11.9. The molecule has 0 saturated heterocycles. The van der Waals surface area contributed by atoms with Crippen LogP contribution in [-0.4, -0.2) is 31.2 Å². The van der Waals surface area contributed by atoms with Crippen molar-refractivity contribution < 1.29 is 12.8 Å². The Balaban J connectivity index is 2.31. The van der Waals surface area contributed by atoms with Crippen molar-refractivity contribution in [2.24, 2.45) is 0 Å². The molecule has 0 spiro atoms. The second kappa shape index (κ2) is 8.30. The number of nitrogens with zero attached hydrogens (tertiary/aromatic N) is 2. The number of nitrogens with one attached hydrogen (secondary N) is 2. The summed E-state index contributed by atoms with van der Waals surface area (Å²) < 4.78 is 40.0. The topological polar surface area (TPSA) is 84.0 Å². The molecule has 2 N–H and O–H groups in total. The molecule has 2 aromatic heterocycles. The monoisotopic (exact) mass is 382 g/mol. The van der Waals surface area contributed by atoms with Crippen molar-refractivity contribution >= 4 is 31.4 Å². The highest BCUT2D eigenvalue weighted by Crippen LogP contribution is 2.24. The maximum Gasteiger partial charge on any atom is 0.287 e. The molecular formula is C16H19FN4O2S2. The van der Waals surface area contributed by atoms with Gasteiger partial charge in [0.25, 0.3) is 9.06 Å². The fourth-order valence-electron chi connectivity index (χ4n) is 2.16. The van der Waals surface area contributed by atoms with Crippen molar-refractivity contribution in [2.75, 3.05) is 22.8 Å². The first-order valence-electron chi connectivity index (χ1n) is 7.38. The Morgan fingerprint density at radius 2 is 2.12 bits per heavy atom. The molecule has 0 aliphatic rings. The van der Waals surface area contributed by atoms with E-state index in [0.717, 1.165) is 16.8 Å². The summed E-state index contributed by atoms with van der Waals surface area (Å²) in [6, 6.07) is 1.52. The fourth-order valence-corrected chi connectivity index (χ4v) is 3.11. The Morgan fingerprint density at radius 1 is 1.36 bits per heavy atom. The number of aromatic nitrogens is 2. The quantitative estimate of drug-likeness (QED) is 0.539. The first-order valence-corrected chi connectivity index (χ1v) is 10.6. The van der Waals surface area contributed by atoms with Crippen molar-refractivity contribution in [3.05, 3.63) is 59.8 Å². The SMILES string of the molecule is C=CCNc1cncc(Cc2ccnc(NS(=O)(=O)SC)c2F)c1C. The van der Waals surface area contributed by atoms with E-state index >= 15 is 0 Å². The summed E-state index contributed by atoms with van der Waals surface area (Å²) in [7, 11) is -3.10. The van der Waals surface area contributed by atoms with E-state index in [0.29, 0.717) is 22.9 Å². The van der Waals surface area contributed by atoms with Crippen LogP contribution in [0.1, 0.15) is 16.7 Å². The third-order valence-electron chi connectivity index (χ3n) is 3.55. The van der Waals surface area contributed by atoms with Crippen LogP contribution in [0.3, 0.4) is 0 Å². The molecule has 6 nitrogen and oxygen atoms in total. The van der Waals surface area contributed by atoms with Crippen LogP contribution in [0.4, 0.5) is 15.9 Å². The summed E-state index contributed by atoms with van der Waals surface area (Å²) in [4.78, 5) is 7.95. The number of anilines is 2. The molecule has 0 radical (unpaired) electrons. The van der Waals surface area contributed by atoms with Gasteiger partial charge in [-0.15, -0.1) is 6.58 Å². The molecule has 0 aliphatic heterocycles. The van der Waals surface area contributed by atoms with Crippen LogP contribution in [0.15, 0.2) is 37.3 Å². The minimum Gasteiger partial charge on any atom is -0.380 e. The minimum absolute atomic E-state index is 0.269. The van der Waals surface area contributed by atoms with Crippen molar-refractivity contribution in [1.29, 1.82) is 0 Å². The second-order valence-corrected chi connectivity index (χ2v) is 8.94. The van der Waals surface area contributed by atoms with Gasteiger partial charge in [-0.05, 0) is 46.7 Å². The van der Waals surface area contributed by atoms with E-state index in [2.05, 4.69) is 26.6 Å². The van der Waals surface area contributed by atoms with Gasteiger partial charge in [0.2, 0.25) is 0 Å². The summed E-state index contributed by atoms with van der Waals surface area (Å²) >= 11 is 0. The van der Waals surface area contributed by atoms with Gasteiger partial charge in [-0.25, -0.2) is 9.37 Å². The van der Waals surface area contributed by atoms with E-state index in [9.17, 15) is 12.8 Å². The molecule has 25 heavy (non-hydrogen) atoms. The van der Waals surface area contributed by atoms with Gasteiger partial charge < -0.3 is 5.32 Å². The van der Waals surface area contributed by atoms with Gasteiger partial charge in [-0.2, -0.15) is 8.42 Å². The van der Waals surface area contributed by atoms with E-state index < -0.39 is 14.9 Å². The number of halogens is 1. The Labute approximate surface area is 150 Å². The van der Waals surface area contributed by atoms with Gasteiger partial charge in [0.05, 0.1) is 11.9 Å². The van der Waals surface area contributed by atoms with Crippen LogP contribution in [0.2, 0.25) is 0 Å². The van der Waals surface area contributed by atoms with Gasteiger partial charge >= 0.3 is 0 Å². The average molecular weight is 382 g/mol. The molecule has 0 aliphatic carbocycles. The van der Waals surface area contributed by atoms with Crippen molar-refractivity contribution in [3.63, 3.8) is 0 Å². The summed E-state index contributed by atoms with van der Waals surface area (Å²) in [6.07, 6.45) is 8.13. The van der Waals surface area contributed by atoms with Crippen LogP contribution in [0.25, 0.3) is 0 Å².